The van der Waals surface area contributed by atoms with Gasteiger partial charge in [-0.15, -0.1) is 24.0 Å². The van der Waals surface area contributed by atoms with Gasteiger partial charge in [0.05, 0.1) is 3.57 Å². The molecule has 2 N–H and O–H groups in total. The summed E-state index contributed by atoms with van der Waals surface area (Å²) in [7, 11) is 0. The molecule has 1 aliphatic heterocycles. The van der Waals surface area contributed by atoms with Gasteiger partial charge >= 0.3 is 0 Å². The zero-order valence-corrected chi connectivity index (χ0v) is 16.1. The predicted octanol–water partition coefficient (Wildman–Crippen LogP) is 3.09. The van der Waals surface area contributed by atoms with Crippen molar-refractivity contribution < 1.29 is 4.74 Å². The molecule has 0 bridgehead atoms. The first-order valence-electron chi connectivity index (χ1n) is 6.66. The number of rotatable bonds is 3. The summed E-state index contributed by atoms with van der Waals surface area (Å²) < 4.78 is 7.22. The number of ether oxygens (including phenoxy) is 1. The Morgan fingerprint density at radius 1 is 1.40 bits per heavy atom. The summed E-state index contributed by atoms with van der Waals surface area (Å²) in [5.74, 6) is 1.65. The smallest absolute Gasteiger partial charge is 0.191 e. The van der Waals surface area contributed by atoms with Crippen molar-refractivity contribution >= 4 is 52.5 Å². The van der Waals surface area contributed by atoms with Crippen LogP contribution in [0.25, 0.3) is 0 Å². The van der Waals surface area contributed by atoms with E-state index >= 15 is 0 Å². The van der Waals surface area contributed by atoms with Crippen LogP contribution in [0.1, 0.15) is 19.8 Å². The number of aliphatic imine (C=N–C) groups is 1. The molecule has 0 aromatic heterocycles. The Morgan fingerprint density at radius 2 is 2.05 bits per heavy atom. The van der Waals surface area contributed by atoms with Gasteiger partial charge in [0.1, 0.15) is 11.9 Å². The lowest BCUT2D eigenvalue weighted by Gasteiger charge is -2.33. The van der Waals surface area contributed by atoms with E-state index in [9.17, 15) is 0 Å². The van der Waals surface area contributed by atoms with Crippen molar-refractivity contribution in [3.63, 3.8) is 0 Å². The Hall–Kier alpha value is -0.250. The lowest BCUT2D eigenvalue weighted by molar-refractivity contribution is 0.129. The molecule has 1 aliphatic rings. The summed E-state index contributed by atoms with van der Waals surface area (Å²) in [6.45, 7) is 4.58. The second kappa shape index (κ2) is 8.91. The highest BCUT2D eigenvalue weighted by atomic mass is 127. The monoisotopic (exact) mass is 501 g/mol. The largest absolute Gasteiger partial charge is 0.489 e. The topological polar surface area (TPSA) is 50.8 Å². The summed E-state index contributed by atoms with van der Waals surface area (Å²) in [6, 6.07) is 8.13. The van der Waals surface area contributed by atoms with E-state index in [-0.39, 0.29) is 30.1 Å². The predicted molar refractivity (Wildman–Crippen MR) is 102 cm³/mol. The molecule has 0 saturated carbocycles. The van der Waals surface area contributed by atoms with E-state index in [0.717, 1.165) is 41.8 Å². The molecule has 0 amide bonds. The van der Waals surface area contributed by atoms with Crippen molar-refractivity contribution in [3.05, 3.63) is 27.8 Å². The molecular weight excluding hydrogens is 480 g/mol. The fourth-order valence-corrected chi connectivity index (χ4v) is 2.70. The highest BCUT2D eigenvalue weighted by Gasteiger charge is 2.22. The minimum Gasteiger partial charge on any atom is -0.489 e. The maximum atomic E-state index is 6.06. The van der Waals surface area contributed by atoms with Gasteiger partial charge in [-0.05, 0) is 41.6 Å². The van der Waals surface area contributed by atoms with E-state index in [1.54, 1.807) is 0 Å². The van der Waals surface area contributed by atoms with Crippen LogP contribution in [0.15, 0.2) is 29.3 Å². The van der Waals surface area contributed by atoms with Gasteiger partial charge in [0, 0.05) is 32.5 Å². The van der Waals surface area contributed by atoms with Crippen molar-refractivity contribution in [2.24, 2.45) is 10.7 Å². The number of nitrogens with zero attached hydrogens (tertiary/aromatic N) is 2. The van der Waals surface area contributed by atoms with Gasteiger partial charge in [-0.1, -0.05) is 12.1 Å². The molecule has 0 spiro atoms. The van der Waals surface area contributed by atoms with Crippen molar-refractivity contribution in [2.45, 2.75) is 25.9 Å². The van der Waals surface area contributed by atoms with Gasteiger partial charge in [0.2, 0.25) is 0 Å². The third-order valence-electron chi connectivity index (χ3n) is 3.22. The van der Waals surface area contributed by atoms with Crippen LogP contribution < -0.4 is 10.5 Å². The zero-order valence-electron chi connectivity index (χ0n) is 11.6. The first-order chi connectivity index (χ1) is 9.20. The van der Waals surface area contributed by atoms with Crippen LogP contribution >= 0.6 is 46.6 Å². The zero-order chi connectivity index (χ0) is 13.7. The molecule has 1 fully saturated rings. The third-order valence-corrected chi connectivity index (χ3v) is 4.11. The number of likely N-dealkylation sites (tertiary alicyclic amines) is 1. The van der Waals surface area contributed by atoms with Crippen LogP contribution in [0.3, 0.4) is 0 Å². The van der Waals surface area contributed by atoms with Crippen LogP contribution in [0, 0.1) is 3.57 Å². The fourth-order valence-electron chi connectivity index (χ4n) is 2.18. The Kier molecular flexibility index (Phi) is 7.93. The van der Waals surface area contributed by atoms with E-state index in [1.807, 2.05) is 25.1 Å². The lowest BCUT2D eigenvalue weighted by Crippen LogP contribution is -2.45. The summed E-state index contributed by atoms with van der Waals surface area (Å²) >= 11 is 2.31. The highest BCUT2D eigenvalue weighted by Crippen LogP contribution is 2.24. The van der Waals surface area contributed by atoms with Crippen LogP contribution in [0.5, 0.6) is 5.75 Å². The van der Waals surface area contributed by atoms with Crippen molar-refractivity contribution in [1.29, 1.82) is 0 Å². The number of piperidine rings is 1. The van der Waals surface area contributed by atoms with Crippen LogP contribution in [0.4, 0.5) is 0 Å². The normalized spacial score (nSPS) is 16.7. The minimum absolute atomic E-state index is 0. The summed E-state index contributed by atoms with van der Waals surface area (Å²) in [6.07, 6.45) is 2.26. The number of nitrogens with two attached hydrogens (primary N) is 1. The molecule has 6 heteroatoms. The number of hydrogen-bond donors (Lipinski definition) is 1. The van der Waals surface area contributed by atoms with E-state index in [1.165, 1.54) is 0 Å². The number of halogens is 2. The molecule has 20 heavy (non-hydrogen) atoms. The van der Waals surface area contributed by atoms with Crippen molar-refractivity contribution in [1.82, 2.24) is 4.90 Å². The van der Waals surface area contributed by atoms with Gasteiger partial charge < -0.3 is 15.4 Å². The average Bonchev–Trinajstić information content (AvgIpc) is 2.42. The van der Waals surface area contributed by atoms with Crippen LogP contribution in [0.2, 0.25) is 0 Å². The average molecular weight is 501 g/mol. The molecule has 1 aromatic carbocycles. The molecule has 0 atom stereocenters. The summed E-state index contributed by atoms with van der Waals surface area (Å²) in [5, 5.41) is 0. The van der Waals surface area contributed by atoms with Crippen molar-refractivity contribution in [3.8, 4) is 5.75 Å². The summed E-state index contributed by atoms with van der Waals surface area (Å²) in [5.41, 5.74) is 5.91. The molecule has 1 saturated heterocycles. The molecule has 0 radical (unpaired) electrons. The molecule has 1 aromatic rings. The van der Waals surface area contributed by atoms with Crippen LogP contribution in [-0.4, -0.2) is 36.6 Å². The van der Waals surface area contributed by atoms with Gasteiger partial charge in [-0.25, -0.2) is 0 Å². The molecule has 0 unspecified atom stereocenters. The number of para-hydroxylation sites is 1. The second-order valence-corrected chi connectivity index (χ2v) is 5.73. The second-order valence-electron chi connectivity index (χ2n) is 4.57. The molecule has 2 rings (SSSR count). The fraction of sp³-hybridized carbons (Fsp3) is 0.500. The molecule has 4 nitrogen and oxygen atoms in total. The van der Waals surface area contributed by atoms with Gasteiger partial charge in [-0.3, -0.25) is 4.99 Å². The number of hydrogen-bond acceptors (Lipinski definition) is 2. The number of guanidine groups is 1. The van der Waals surface area contributed by atoms with Gasteiger partial charge in [0.25, 0.3) is 0 Å². The third kappa shape index (κ3) is 4.94. The SMILES string of the molecule is CCN=C(N)N1CCC(Oc2ccccc2I)CC1.I. The Balaban J connectivity index is 0.00000200. The first kappa shape index (κ1) is 17.8. The first-order valence-corrected chi connectivity index (χ1v) is 7.74. The Morgan fingerprint density at radius 3 is 2.65 bits per heavy atom. The van der Waals surface area contributed by atoms with Gasteiger partial charge in [-0.2, -0.15) is 0 Å². The van der Waals surface area contributed by atoms with E-state index < -0.39 is 0 Å². The lowest BCUT2D eigenvalue weighted by atomic mass is 10.1. The maximum absolute atomic E-state index is 6.06. The molecular formula is C14H21I2N3O. The minimum atomic E-state index is 0. The van der Waals surface area contributed by atoms with E-state index in [2.05, 4.69) is 38.5 Å². The Bertz CT molecular complexity index is 446. The summed E-state index contributed by atoms with van der Waals surface area (Å²) in [4.78, 5) is 6.39. The maximum Gasteiger partial charge on any atom is 0.191 e. The van der Waals surface area contributed by atoms with E-state index in [4.69, 9.17) is 10.5 Å². The Labute approximate surface area is 151 Å². The molecule has 112 valence electrons. The molecule has 0 aliphatic carbocycles. The van der Waals surface area contributed by atoms with Crippen LogP contribution in [-0.2, 0) is 0 Å². The van der Waals surface area contributed by atoms with Gasteiger partial charge in [0.15, 0.2) is 5.96 Å². The van der Waals surface area contributed by atoms with Crippen molar-refractivity contribution in [2.75, 3.05) is 19.6 Å². The standard InChI is InChI=1S/C14H20IN3O.HI/c1-2-17-14(16)18-9-7-11(8-10-18)19-13-6-4-3-5-12(13)15;/h3-6,11H,2,7-10H2,1H3,(H2,16,17);1H. The molecule has 1 heterocycles. The number of benzene rings is 1. The van der Waals surface area contributed by atoms with E-state index in [0.29, 0.717) is 5.96 Å². The quantitative estimate of drug-likeness (QED) is 0.394. The highest BCUT2D eigenvalue weighted by molar-refractivity contribution is 14.1.